The van der Waals surface area contributed by atoms with Crippen LogP contribution in [0.25, 0.3) is 11.1 Å². The number of hydrogen-bond donors (Lipinski definition) is 1. The van der Waals surface area contributed by atoms with Gasteiger partial charge >= 0.3 is 5.76 Å². The summed E-state index contributed by atoms with van der Waals surface area (Å²) >= 11 is 0. The van der Waals surface area contributed by atoms with E-state index in [4.69, 9.17) is 4.42 Å². The number of nitrogens with one attached hydrogen (secondary N) is 1. The lowest BCUT2D eigenvalue weighted by Gasteiger charge is -2.39. The van der Waals surface area contributed by atoms with Gasteiger partial charge in [-0.25, -0.2) is 17.9 Å². The molecule has 1 unspecified atom stereocenters. The Bertz CT molecular complexity index is 955. The van der Waals surface area contributed by atoms with Crippen molar-refractivity contribution in [2.45, 2.75) is 24.8 Å². The summed E-state index contributed by atoms with van der Waals surface area (Å²) in [6, 6.07) is 4.63. The van der Waals surface area contributed by atoms with Crippen molar-refractivity contribution in [3.8, 4) is 0 Å². The van der Waals surface area contributed by atoms with Gasteiger partial charge in [0.15, 0.2) is 5.58 Å². The first-order valence-electron chi connectivity index (χ1n) is 9.21. The molecule has 1 saturated heterocycles. The Morgan fingerprint density at radius 3 is 2.44 bits per heavy atom. The van der Waals surface area contributed by atoms with Crippen LogP contribution in [0.1, 0.15) is 13.8 Å². The van der Waals surface area contributed by atoms with Crippen LogP contribution in [0.5, 0.6) is 0 Å². The minimum atomic E-state index is -3.69. The maximum Gasteiger partial charge on any atom is 0.419 e. The topological polar surface area (TPSA) is 87.8 Å². The van der Waals surface area contributed by atoms with Crippen LogP contribution in [0.2, 0.25) is 0 Å². The van der Waals surface area contributed by atoms with E-state index in [1.807, 2.05) is 0 Å². The van der Waals surface area contributed by atoms with E-state index in [2.05, 4.69) is 35.4 Å². The normalized spacial score (nSPS) is 18.4. The molecule has 1 fully saturated rings. The van der Waals surface area contributed by atoms with E-state index in [-0.39, 0.29) is 16.5 Å². The molecule has 2 heterocycles. The molecule has 0 saturated carbocycles. The summed E-state index contributed by atoms with van der Waals surface area (Å²) in [7, 11) is -0.00484. The van der Waals surface area contributed by atoms with E-state index in [1.54, 1.807) is 13.1 Å². The molecule has 2 aromatic rings. The van der Waals surface area contributed by atoms with Crippen molar-refractivity contribution in [1.82, 2.24) is 19.1 Å². The first-order chi connectivity index (χ1) is 12.7. The maximum absolute atomic E-state index is 12.8. The zero-order valence-corrected chi connectivity index (χ0v) is 17.1. The van der Waals surface area contributed by atoms with Crippen LogP contribution in [0.15, 0.2) is 32.3 Å². The van der Waals surface area contributed by atoms with Crippen molar-refractivity contribution in [2.75, 3.05) is 39.8 Å². The number of rotatable bonds is 6. The molecule has 0 aliphatic carbocycles. The van der Waals surface area contributed by atoms with Gasteiger partial charge in [0.2, 0.25) is 10.0 Å². The number of hydrogen-bond acceptors (Lipinski definition) is 6. The first kappa shape index (κ1) is 20.1. The minimum absolute atomic E-state index is 0.102. The highest BCUT2D eigenvalue weighted by atomic mass is 32.2. The van der Waals surface area contributed by atoms with Gasteiger partial charge in [-0.05, 0) is 25.1 Å². The number of oxazole rings is 1. The number of nitrogens with zero attached hydrogens (tertiary/aromatic N) is 3. The Labute approximate surface area is 159 Å². The first-order valence-corrected chi connectivity index (χ1v) is 10.7. The molecule has 8 nitrogen and oxygen atoms in total. The third-order valence-corrected chi connectivity index (χ3v) is 6.75. The zero-order valence-electron chi connectivity index (χ0n) is 16.3. The second-order valence-electron chi connectivity index (χ2n) is 7.56. The Balaban J connectivity index is 1.76. The largest absolute Gasteiger partial charge is 0.419 e. The fraction of sp³-hybridized carbons (Fsp3) is 0.611. The minimum Gasteiger partial charge on any atom is -0.408 e. The fourth-order valence-corrected chi connectivity index (χ4v) is 4.57. The predicted molar refractivity (Wildman–Crippen MR) is 104 cm³/mol. The van der Waals surface area contributed by atoms with Crippen molar-refractivity contribution in [2.24, 2.45) is 13.0 Å². The number of aromatic nitrogens is 1. The van der Waals surface area contributed by atoms with Crippen molar-refractivity contribution < 1.29 is 12.8 Å². The molecule has 0 bridgehead atoms. The Morgan fingerprint density at radius 1 is 1.15 bits per heavy atom. The Morgan fingerprint density at radius 2 is 1.81 bits per heavy atom. The van der Waals surface area contributed by atoms with E-state index in [9.17, 15) is 13.2 Å². The van der Waals surface area contributed by atoms with Crippen LogP contribution in [0.3, 0.4) is 0 Å². The number of benzene rings is 1. The van der Waals surface area contributed by atoms with Crippen LogP contribution in [-0.2, 0) is 17.1 Å². The molecule has 150 valence electrons. The molecule has 1 N–H and O–H groups in total. The number of fused-ring (bicyclic) bond motifs is 1. The van der Waals surface area contributed by atoms with Gasteiger partial charge < -0.3 is 9.32 Å². The summed E-state index contributed by atoms with van der Waals surface area (Å²) in [5.74, 6) is -0.187. The maximum atomic E-state index is 12.8. The lowest BCUT2D eigenvalue weighted by Crippen LogP contribution is -2.54. The summed E-state index contributed by atoms with van der Waals surface area (Å²) in [5.41, 5.74) is 0.835. The highest BCUT2D eigenvalue weighted by Crippen LogP contribution is 2.19. The molecule has 0 radical (unpaired) electrons. The van der Waals surface area contributed by atoms with Gasteiger partial charge in [0, 0.05) is 51.9 Å². The highest BCUT2D eigenvalue weighted by molar-refractivity contribution is 7.89. The number of likely N-dealkylation sites (N-methyl/N-ethyl adjacent to an activating group) is 1. The van der Waals surface area contributed by atoms with E-state index in [0.717, 1.165) is 26.2 Å². The van der Waals surface area contributed by atoms with Crippen LogP contribution in [-0.4, -0.2) is 68.6 Å². The molecule has 0 amide bonds. The lowest BCUT2D eigenvalue weighted by molar-refractivity contribution is 0.0905. The van der Waals surface area contributed by atoms with Gasteiger partial charge in [-0.1, -0.05) is 13.8 Å². The SMILES string of the molecule is CC(C)C(CNS(=O)(=O)c1ccc2c(c1)oc(=O)n2C)N1CCN(C)CC1. The molecular formula is C18H28N4O4S. The Kier molecular flexibility index (Phi) is 5.76. The van der Waals surface area contributed by atoms with Gasteiger partial charge in [-0.2, -0.15) is 0 Å². The van der Waals surface area contributed by atoms with Crippen LogP contribution in [0, 0.1) is 5.92 Å². The molecule has 1 aromatic heterocycles. The van der Waals surface area contributed by atoms with Crippen molar-refractivity contribution in [1.29, 1.82) is 0 Å². The summed E-state index contributed by atoms with van der Waals surface area (Å²) in [6.07, 6.45) is 0. The second-order valence-corrected chi connectivity index (χ2v) is 9.33. The molecule has 1 aliphatic rings. The molecular weight excluding hydrogens is 368 g/mol. The van der Waals surface area contributed by atoms with E-state index in [0.29, 0.717) is 18.0 Å². The van der Waals surface area contributed by atoms with Crippen molar-refractivity contribution >= 4 is 21.1 Å². The van der Waals surface area contributed by atoms with Crippen molar-refractivity contribution in [3.05, 3.63) is 28.7 Å². The van der Waals surface area contributed by atoms with Gasteiger partial charge in [0.05, 0.1) is 10.4 Å². The lowest BCUT2D eigenvalue weighted by atomic mass is 10.0. The highest BCUT2D eigenvalue weighted by Gasteiger charge is 2.27. The van der Waals surface area contributed by atoms with Crippen LogP contribution >= 0.6 is 0 Å². The molecule has 9 heteroatoms. The average Bonchev–Trinajstić information content (AvgIpc) is 2.90. The summed E-state index contributed by atoms with van der Waals surface area (Å²) in [6.45, 7) is 8.41. The van der Waals surface area contributed by atoms with Crippen molar-refractivity contribution in [3.63, 3.8) is 0 Å². The number of piperazine rings is 1. The number of aryl methyl sites for hydroxylation is 1. The van der Waals surface area contributed by atoms with Gasteiger partial charge in [0.1, 0.15) is 0 Å². The number of sulfonamides is 1. The second kappa shape index (κ2) is 7.75. The molecule has 27 heavy (non-hydrogen) atoms. The summed E-state index contributed by atoms with van der Waals surface area (Å²) < 4.78 is 34.7. The molecule has 1 aromatic carbocycles. The van der Waals surface area contributed by atoms with Crippen LogP contribution in [0.4, 0.5) is 0 Å². The zero-order chi connectivity index (χ0) is 19.8. The van der Waals surface area contributed by atoms with E-state index in [1.165, 1.54) is 16.7 Å². The fourth-order valence-electron chi connectivity index (χ4n) is 3.50. The molecule has 0 spiro atoms. The van der Waals surface area contributed by atoms with E-state index >= 15 is 0 Å². The molecule has 3 rings (SSSR count). The third-order valence-electron chi connectivity index (χ3n) is 5.33. The standard InChI is InChI=1S/C18H28N4O4S/c1-13(2)16(22-9-7-20(3)8-10-22)12-19-27(24,25)14-5-6-15-17(11-14)26-18(23)21(15)4/h5-6,11,13,16,19H,7-10,12H2,1-4H3. The summed E-state index contributed by atoms with van der Waals surface area (Å²) in [5, 5.41) is 0. The Hall–Kier alpha value is -1.68. The van der Waals surface area contributed by atoms with Gasteiger partial charge in [-0.3, -0.25) is 9.47 Å². The van der Waals surface area contributed by atoms with Gasteiger partial charge in [0.25, 0.3) is 0 Å². The van der Waals surface area contributed by atoms with E-state index < -0.39 is 15.8 Å². The predicted octanol–water partition coefficient (Wildman–Crippen LogP) is 0.682. The van der Waals surface area contributed by atoms with Crippen LogP contribution < -0.4 is 10.5 Å². The molecule has 1 atom stereocenters. The molecule has 1 aliphatic heterocycles. The quantitative estimate of drug-likeness (QED) is 0.773. The third kappa shape index (κ3) is 4.26. The smallest absolute Gasteiger partial charge is 0.408 e. The average molecular weight is 397 g/mol. The summed E-state index contributed by atoms with van der Waals surface area (Å²) in [4.78, 5) is 16.3. The van der Waals surface area contributed by atoms with Gasteiger partial charge in [-0.15, -0.1) is 0 Å². The monoisotopic (exact) mass is 396 g/mol.